The topological polar surface area (TPSA) is 62.7 Å². The van der Waals surface area contributed by atoms with Crippen LogP contribution in [0.25, 0.3) is 0 Å². The number of carbonyl (C=O) groups excluding carboxylic acids is 2. The van der Waals surface area contributed by atoms with Gasteiger partial charge < -0.3 is 14.5 Å². The largest absolute Gasteiger partial charge is 0.444 e. The summed E-state index contributed by atoms with van der Waals surface area (Å²) >= 11 is 0. The van der Waals surface area contributed by atoms with Gasteiger partial charge in [-0.05, 0) is 64.0 Å². The number of amides is 1. The van der Waals surface area contributed by atoms with Crippen LogP contribution in [-0.4, -0.2) is 54.0 Å². The molecule has 0 aliphatic carbocycles. The summed E-state index contributed by atoms with van der Waals surface area (Å²) in [5.41, 5.74) is 1.16. The van der Waals surface area contributed by atoms with Crippen LogP contribution < -0.4 is 4.90 Å². The third-order valence-electron chi connectivity index (χ3n) is 4.84. The minimum Gasteiger partial charge on any atom is -0.444 e. The van der Waals surface area contributed by atoms with Gasteiger partial charge in [-0.3, -0.25) is 4.79 Å². The smallest absolute Gasteiger partial charge is 0.410 e. The van der Waals surface area contributed by atoms with Gasteiger partial charge in [0.25, 0.3) is 0 Å². The van der Waals surface area contributed by atoms with Crippen LogP contribution in [0.4, 0.5) is 10.6 Å². The number of nitrogens with zero attached hydrogens (tertiary/aromatic N) is 3. The maximum atomic E-state index is 12.6. The zero-order valence-electron chi connectivity index (χ0n) is 18.2. The van der Waals surface area contributed by atoms with Crippen molar-refractivity contribution in [3.05, 3.63) is 23.4 Å². The Bertz CT molecular complexity index is 674. The number of aldehydes is 1. The number of anilines is 1. The molecule has 6 heteroatoms. The van der Waals surface area contributed by atoms with Crippen molar-refractivity contribution in [1.82, 2.24) is 9.88 Å². The van der Waals surface area contributed by atoms with E-state index in [9.17, 15) is 9.59 Å². The third-order valence-corrected chi connectivity index (χ3v) is 4.84. The monoisotopic (exact) mass is 389 g/mol. The number of carbonyl (C=O) groups is 2. The molecular formula is C22H35N3O3. The second kappa shape index (κ2) is 9.39. The Morgan fingerprint density at radius 2 is 2.00 bits per heavy atom. The van der Waals surface area contributed by atoms with Crippen molar-refractivity contribution in [2.24, 2.45) is 11.8 Å². The molecule has 2 rings (SSSR count). The number of aromatic nitrogens is 1. The van der Waals surface area contributed by atoms with E-state index in [1.54, 1.807) is 6.20 Å². The molecule has 28 heavy (non-hydrogen) atoms. The average molecular weight is 390 g/mol. The predicted molar refractivity (Wildman–Crippen MR) is 112 cm³/mol. The Morgan fingerprint density at radius 1 is 1.36 bits per heavy atom. The SMILES string of the molecule is Cc1cc(C=O)cnc1N1CCC(CN(CC(C)C)C(=O)OC(C)(C)C)CC1. The number of pyridine rings is 1. The molecular weight excluding hydrogens is 354 g/mol. The molecule has 1 fully saturated rings. The zero-order chi connectivity index (χ0) is 20.9. The minimum absolute atomic E-state index is 0.217. The summed E-state index contributed by atoms with van der Waals surface area (Å²) in [5.74, 6) is 1.81. The van der Waals surface area contributed by atoms with E-state index < -0.39 is 5.60 Å². The van der Waals surface area contributed by atoms with Crippen molar-refractivity contribution >= 4 is 18.2 Å². The van der Waals surface area contributed by atoms with E-state index in [0.29, 0.717) is 23.9 Å². The summed E-state index contributed by atoms with van der Waals surface area (Å²) in [4.78, 5) is 32.2. The van der Waals surface area contributed by atoms with Crippen LogP contribution in [0.2, 0.25) is 0 Å². The van der Waals surface area contributed by atoms with Crippen LogP contribution in [-0.2, 0) is 4.74 Å². The first-order valence-electron chi connectivity index (χ1n) is 10.2. The molecule has 1 amide bonds. The summed E-state index contributed by atoms with van der Waals surface area (Å²) in [5, 5.41) is 0. The van der Waals surface area contributed by atoms with E-state index in [-0.39, 0.29) is 6.09 Å². The van der Waals surface area contributed by atoms with Crippen molar-refractivity contribution in [2.75, 3.05) is 31.1 Å². The molecule has 0 spiro atoms. The Labute approximate surface area is 169 Å². The van der Waals surface area contributed by atoms with Crippen LogP contribution in [0.5, 0.6) is 0 Å². The summed E-state index contributed by atoms with van der Waals surface area (Å²) in [6.45, 7) is 15.2. The number of aryl methyl sites for hydroxylation is 1. The fraction of sp³-hybridized carbons (Fsp3) is 0.682. The molecule has 0 radical (unpaired) electrons. The summed E-state index contributed by atoms with van der Waals surface area (Å²) in [6, 6.07) is 1.88. The fourth-order valence-electron chi connectivity index (χ4n) is 3.61. The maximum absolute atomic E-state index is 12.6. The molecule has 0 atom stereocenters. The van der Waals surface area contributed by atoms with Gasteiger partial charge in [0.05, 0.1) is 0 Å². The fourth-order valence-corrected chi connectivity index (χ4v) is 3.61. The van der Waals surface area contributed by atoms with Crippen LogP contribution in [0, 0.1) is 18.8 Å². The zero-order valence-corrected chi connectivity index (χ0v) is 18.2. The molecule has 0 saturated carbocycles. The number of ether oxygens (including phenoxy) is 1. The Hall–Kier alpha value is -2.11. The van der Waals surface area contributed by atoms with Crippen molar-refractivity contribution < 1.29 is 14.3 Å². The lowest BCUT2D eigenvalue weighted by atomic mass is 9.95. The number of rotatable bonds is 6. The second-order valence-corrected chi connectivity index (χ2v) is 9.24. The van der Waals surface area contributed by atoms with Crippen molar-refractivity contribution in [1.29, 1.82) is 0 Å². The minimum atomic E-state index is -0.480. The highest BCUT2D eigenvalue weighted by atomic mass is 16.6. The molecule has 1 aromatic rings. The predicted octanol–water partition coefficient (Wildman–Crippen LogP) is 4.31. The van der Waals surface area contributed by atoms with Gasteiger partial charge >= 0.3 is 6.09 Å². The maximum Gasteiger partial charge on any atom is 0.410 e. The molecule has 0 aromatic carbocycles. The molecule has 6 nitrogen and oxygen atoms in total. The Kier molecular flexibility index (Phi) is 7.44. The first-order valence-corrected chi connectivity index (χ1v) is 10.2. The third kappa shape index (κ3) is 6.50. The van der Waals surface area contributed by atoms with E-state index in [0.717, 1.165) is 50.1 Å². The molecule has 1 aliphatic heterocycles. The normalized spacial score (nSPS) is 15.6. The number of hydrogen-bond acceptors (Lipinski definition) is 5. The van der Waals surface area contributed by atoms with Crippen molar-refractivity contribution in [3.8, 4) is 0 Å². The molecule has 1 aliphatic rings. The number of piperidine rings is 1. The van der Waals surface area contributed by atoms with Gasteiger partial charge in [-0.1, -0.05) is 13.8 Å². The molecule has 2 heterocycles. The second-order valence-electron chi connectivity index (χ2n) is 9.24. The lowest BCUT2D eigenvalue weighted by Gasteiger charge is -2.37. The quantitative estimate of drug-likeness (QED) is 0.678. The summed E-state index contributed by atoms with van der Waals surface area (Å²) in [6.07, 6.45) is 4.26. The molecule has 0 bridgehead atoms. The van der Waals surface area contributed by atoms with Crippen LogP contribution in [0.1, 0.15) is 63.4 Å². The average Bonchev–Trinajstić information content (AvgIpc) is 2.60. The molecule has 0 N–H and O–H groups in total. The Morgan fingerprint density at radius 3 is 2.50 bits per heavy atom. The van der Waals surface area contributed by atoms with Gasteiger partial charge in [-0.15, -0.1) is 0 Å². The first-order chi connectivity index (χ1) is 13.1. The van der Waals surface area contributed by atoms with E-state index in [1.165, 1.54) is 0 Å². The van der Waals surface area contributed by atoms with Gasteiger partial charge in [-0.2, -0.15) is 0 Å². The molecule has 1 saturated heterocycles. The van der Waals surface area contributed by atoms with E-state index >= 15 is 0 Å². The van der Waals surface area contributed by atoms with Crippen molar-refractivity contribution in [2.45, 2.75) is 60.0 Å². The Balaban J connectivity index is 1.96. The lowest BCUT2D eigenvalue weighted by Crippen LogP contribution is -2.44. The highest BCUT2D eigenvalue weighted by molar-refractivity contribution is 5.75. The van der Waals surface area contributed by atoms with E-state index in [1.807, 2.05) is 38.7 Å². The molecule has 0 unspecified atom stereocenters. The van der Waals surface area contributed by atoms with Gasteiger partial charge in [-0.25, -0.2) is 9.78 Å². The summed E-state index contributed by atoms with van der Waals surface area (Å²) in [7, 11) is 0. The standard InChI is InChI=1S/C22H35N3O3/c1-16(2)13-25(21(27)28-22(4,5)6)14-18-7-9-24(10-8-18)20-17(3)11-19(15-26)12-23-20/h11-12,15-16,18H,7-10,13-14H2,1-6H3. The van der Waals surface area contributed by atoms with Crippen LogP contribution >= 0.6 is 0 Å². The summed E-state index contributed by atoms with van der Waals surface area (Å²) < 4.78 is 5.61. The van der Waals surface area contributed by atoms with Crippen molar-refractivity contribution in [3.63, 3.8) is 0 Å². The van der Waals surface area contributed by atoms with Gasteiger partial charge in [0.2, 0.25) is 0 Å². The molecule has 156 valence electrons. The van der Waals surface area contributed by atoms with Gasteiger partial charge in [0.1, 0.15) is 11.4 Å². The first kappa shape index (κ1) is 22.2. The van der Waals surface area contributed by atoms with E-state index in [4.69, 9.17) is 4.74 Å². The highest BCUT2D eigenvalue weighted by Crippen LogP contribution is 2.26. The lowest BCUT2D eigenvalue weighted by molar-refractivity contribution is 0.0189. The number of hydrogen-bond donors (Lipinski definition) is 0. The van der Waals surface area contributed by atoms with Crippen LogP contribution in [0.15, 0.2) is 12.3 Å². The van der Waals surface area contributed by atoms with Crippen LogP contribution in [0.3, 0.4) is 0 Å². The van der Waals surface area contributed by atoms with Gasteiger partial charge in [0, 0.05) is 37.9 Å². The highest BCUT2D eigenvalue weighted by Gasteiger charge is 2.28. The van der Waals surface area contributed by atoms with Gasteiger partial charge in [0.15, 0.2) is 6.29 Å². The molecule has 1 aromatic heterocycles. The van der Waals surface area contributed by atoms with E-state index in [2.05, 4.69) is 23.7 Å².